The first-order valence-corrected chi connectivity index (χ1v) is 10.2. The largest absolute Gasteiger partial charge is 0.486 e. The van der Waals surface area contributed by atoms with Crippen molar-refractivity contribution in [2.45, 2.75) is 6.54 Å². The number of aromatic nitrogens is 1. The first kappa shape index (κ1) is 20.7. The average molecular weight is 422 g/mol. The highest BCUT2D eigenvalue weighted by Gasteiger charge is 2.18. The van der Waals surface area contributed by atoms with Gasteiger partial charge < -0.3 is 29.6 Å². The number of fused-ring (bicyclic) bond motifs is 2. The van der Waals surface area contributed by atoms with Crippen LogP contribution in [-0.2, 0) is 6.54 Å². The van der Waals surface area contributed by atoms with Gasteiger partial charge in [0.15, 0.2) is 11.5 Å². The third kappa shape index (κ3) is 4.97. The number of hydrogen-bond acceptors (Lipinski definition) is 5. The summed E-state index contributed by atoms with van der Waals surface area (Å²) in [5.74, 6) is 1.28. The van der Waals surface area contributed by atoms with E-state index in [-0.39, 0.29) is 18.1 Å². The minimum atomic E-state index is -0.255. The number of para-hydroxylation sites is 1. The highest BCUT2D eigenvalue weighted by Crippen LogP contribution is 2.33. The van der Waals surface area contributed by atoms with Gasteiger partial charge in [0.05, 0.1) is 12.1 Å². The number of likely N-dealkylation sites (N-methyl/N-ethyl adjacent to an activating group) is 1. The normalized spacial score (nSPS) is 12.7. The molecule has 0 saturated carbocycles. The van der Waals surface area contributed by atoms with Gasteiger partial charge in [-0.05, 0) is 38.4 Å². The number of benzene rings is 2. The lowest BCUT2D eigenvalue weighted by Gasteiger charge is -2.25. The first-order valence-electron chi connectivity index (χ1n) is 10.2. The van der Waals surface area contributed by atoms with Crippen molar-refractivity contribution in [1.82, 2.24) is 14.8 Å². The minimum absolute atomic E-state index is 0.187. The molecule has 0 bridgehead atoms. The number of aromatic amines is 1. The Bertz CT molecular complexity index is 1130. The lowest BCUT2D eigenvalue weighted by Crippen LogP contribution is -2.40. The van der Waals surface area contributed by atoms with Gasteiger partial charge in [-0.1, -0.05) is 18.2 Å². The van der Waals surface area contributed by atoms with Crippen molar-refractivity contribution in [3.8, 4) is 11.5 Å². The Balaban J connectivity index is 1.60. The predicted octanol–water partition coefficient (Wildman–Crippen LogP) is 2.90. The fourth-order valence-corrected chi connectivity index (χ4v) is 3.41. The van der Waals surface area contributed by atoms with E-state index in [0.29, 0.717) is 54.6 Å². The number of nitrogens with zero attached hydrogens (tertiary/aromatic N) is 2. The summed E-state index contributed by atoms with van der Waals surface area (Å²) in [4.78, 5) is 32.2. The smallest absolute Gasteiger partial charge is 0.322 e. The van der Waals surface area contributed by atoms with E-state index in [1.807, 2.05) is 61.5 Å². The van der Waals surface area contributed by atoms with Crippen LogP contribution in [0.3, 0.4) is 0 Å². The summed E-state index contributed by atoms with van der Waals surface area (Å²) in [6, 6.07) is 14.5. The summed E-state index contributed by atoms with van der Waals surface area (Å²) in [6.07, 6.45) is 0. The number of nitrogens with one attached hydrogen (secondary N) is 2. The number of urea groups is 1. The van der Waals surface area contributed by atoms with E-state index < -0.39 is 0 Å². The lowest BCUT2D eigenvalue weighted by atomic mass is 10.1. The Kier molecular flexibility index (Phi) is 6.08. The third-order valence-corrected chi connectivity index (χ3v) is 5.07. The van der Waals surface area contributed by atoms with Gasteiger partial charge in [0.2, 0.25) is 0 Å². The summed E-state index contributed by atoms with van der Waals surface area (Å²) in [7, 11) is 3.89. The summed E-state index contributed by atoms with van der Waals surface area (Å²) in [5.41, 5.74) is 1.66. The van der Waals surface area contributed by atoms with Crippen LogP contribution in [0.4, 0.5) is 10.5 Å². The van der Waals surface area contributed by atoms with E-state index in [2.05, 4.69) is 10.3 Å². The lowest BCUT2D eigenvalue weighted by molar-refractivity contribution is 0.172. The van der Waals surface area contributed by atoms with Crippen molar-refractivity contribution in [3.63, 3.8) is 0 Å². The van der Waals surface area contributed by atoms with Crippen LogP contribution in [0.1, 0.15) is 5.56 Å². The van der Waals surface area contributed by atoms with Gasteiger partial charge in [-0.15, -0.1) is 0 Å². The van der Waals surface area contributed by atoms with Gasteiger partial charge in [0.1, 0.15) is 13.2 Å². The maximum atomic E-state index is 12.9. The van der Waals surface area contributed by atoms with Crippen LogP contribution in [0.15, 0.2) is 53.3 Å². The zero-order valence-electron chi connectivity index (χ0n) is 17.7. The van der Waals surface area contributed by atoms with Crippen molar-refractivity contribution < 1.29 is 14.3 Å². The Hall–Kier alpha value is -3.52. The van der Waals surface area contributed by atoms with Crippen LogP contribution >= 0.6 is 0 Å². The minimum Gasteiger partial charge on any atom is -0.486 e. The number of anilines is 1. The topological polar surface area (TPSA) is 86.9 Å². The Morgan fingerprint density at radius 3 is 2.45 bits per heavy atom. The van der Waals surface area contributed by atoms with E-state index in [9.17, 15) is 9.59 Å². The molecular weight excluding hydrogens is 396 g/mol. The van der Waals surface area contributed by atoms with Gasteiger partial charge in [0.25, 0.3) is 5.56 Å². The van der Waals surface area contributed by atoms with Gasteiger partial charge in [-0.25, -0.2) is 4.79 Å². The SMILES string of the molecule is CN(C)CCN(Cc1cc2cc3c(cc2[nH]c1=O)OCCO3)C(=O)Nc1ccccc1. The molecule has 162 valence electrons. The Morgan fingerprint density at radius 2 is 1.74 bits per heavy atom. The van der Waals surface area contributed by atoms with Crippen LogP contribution < -0.4 is 20.3 Å². The van der Waals surface area contributed by atoms with Crippen molar-refractivity contribution >= 4 is 22.6 Å². The number of rotatable bonds is 6. The molecule has 0 aliphatic carbocycles. The van der Waals surface area contributed by atoms with Crippen molar-refractivity contribution in [2.24, 2.45) is 0 Å². The second-order valence-corrected chi connectivity index (χ2v) is 7.73. The van der Waals surface area contributed by atoms with E-state index in [1.165, 1.54) is 0 Å². The molecule has 4 rings (SSSR count). The van der Waals surface area contributed by atoms with E-state index in [1.54, 1.807) is 11.0 Å². The highest BCUT2D eigenvalue weighted by atomic mass is 16.6. The number of carbonyl (C=O) groups excluding carboxylic acids is 1. The number of carbonyl (C=O) groups is 1. The van der Waals surface area contributed by atoms with Gasteiger partial charge in [-0.2, -0.15) is 0 Å². The van der Waals surface area contributed by atoms with Crippen molar-refractivity contribution in [3.05, 3.63) is 64.4 Å². The molecule has 0 fully saturated rings. The molecule has 1 aromatic heterocycles. The van der Waals surface area contributed by atoms with Crippen LogP contribution in [0.25, 0.3) is 10.9 Å². The highest BCUT2D eigenvalue weighted by molar-refractivity contribution is 5.89. The van der Waals surface area contributed by atoms with Crippen molar-refractivity contribution in [1.29, 1.82) is 0 Å². The maximum absolute atomic E-state index is 12.9. The summed E-state index contributed by atoms with van der Waals surface area (Å²) >= 11 is 0. The van der Waals surface area contributed by atoms with E-state index >= 15 is 0 Å². The summed E-state index contributed by atoms with van der Waals surface area (Å²) in [5, 5.41) is 3.73. The molecule has 0 saturated heterocycles. The number of amides is 2. The van der Waals surface area contributed by atoms with Gasteiger partial charge in [0, 0.05) is 35.8 Å². The van der Waals surface area contributed by atoms with E-state index in [0.717, 1.165) is 5.39 Å². The molecule has 31 heavy (non-hydrogen) atoms. The zero-order valence-corrected chi connectivity index (χ0v) is 17.7. The molecule has 0 spiro atoms. The molecule has 1 aliphatic rings. The molecule has 2 heterocycles. The summed E-state index contributed by atoms with van der Waals surface area (Å²) < 4.78 is 11.3. The molecule has 2 aromatic carbocycles. The second kappa shape index (κ2) is 9.09. The number of H-pyrrole nitrogens is 1. The van der Waals surface area contributed by atoms with Gasteiger partial charge >= 0.3 is 6.03 Å². The molecular formula is C23H26N4O4. The van der Waals surface area contributed by atoms with E-state index in [4.69, 9.17) is 9.47 Å². The second-order valence-electron chi connectivity index (χ2n) is 7.73. The first-order chi connectivity index (χ1) is 15.0. The number of hydrogen-bond donors (Lipinski definition) is 2. The monoisotopic (exact) mass is 422 g/mol. The van der Waals surface area contributed by atoms with Gasteiger partial charge in [-0.3, -0.25) is 4.79 Å². The van der Waals surface area contributed by atoms with Crippen LogP contribution in [0.2, 0.25) is 0 Å². The molecule has 8 heteroatoms. The molecule has 0 atom stereocenters. The standard InChI is InChI=1S/C23H26N4O4/c1-26(2)8-9-27(23(29)24-18-6-4-3-5-7-18)15-17-12-16-13-20-21(31-11-10-30-20)14-19(16)25-22(17)28/h3-7,12-14H,8-11,15H2,1-2H3,(H,24,29)(H,25,28). The quantitative estimate of drug-likeness (QED) is 0.638. The fourth-order valence-electron chi connectivity index (χ4n) is 3.41. The molecule has 0 radical (unpaired) electrons. The van der Waals surface area contributed by atoms with Crippen molar-refractivity contribution in [2.75, 3.05) is 45.7 Å². The molecule has 2 N–H and O–H groups in total. The number of ether oxygens (including phenoxy) is 2. The fraction of sp³-hybridized carbons (Fsp3) is 0.304. The molecule has 1 aliphatic heterocycles. The van der Waals surface area contributed by atoms with Crippen LogP contribution in [-0.4, -0.2) is 61.2 Å². The predicted molar refractivity (Wildman–Crippen MR) is 120 cm³/mol. The molecule has 0 unspecified atom stereocenters. The van der Waals surface area contributed by atoms with Crippen LogP contribution in [0, 0.1) is 0 Å². The molecule has 2 amide bonds. The number of pyridine rings is 1. The van der Waals surface area contributed by atoms with Crippen LogP contribution in [0.5, 0.6) is 11.5 Å². The zero-order chi connectivity index (χ0) is 21.8. The average Bonchev–Trinajstić information content (AvgIpc) is 2.76. The third-order valence-electron chi connectivity index (χ3n) is 5.07. The maximum Gasteiger partial charge on any atom is 0.322 e. The Labute approximate surface area is 180 Å². The summed E-state index contributed by atoms with van der Waals surface area (Å²) in [6.45, 7) is 2.31. The Morgan fingerprint density at radius 1 is 1.03 bits per heavy atom. The molecule has 8 nitrogen and oxygen atoms in total. The molecule has 3 aromatic rings.